The monoisotopic (exact) mass is 363 g/mol. The molecule has 96 valence electrons. The van der Waals surface area contributed by atoms with E-state index in [1.54, 1.807) is 0 Å². The van der Waals surface area contributed by atoms with E-state index < -0.39 is 0 Å². The Morgan fingerprint density at radius 2 is 1.88 bits per heavy atom. The number of anilines is 1. The van der Waals surface area contributed by atoms with Crippen LogP contribution in [0.2, 0.25) is 0 Å². The van der Waals surface area contributed by atoms with E-state index in [4.69, 9.17) is 0 Å². The van der Waals surface area contributed by atoms with Gasteiger partial charge in [0.2, 0.25) is 0 Å². The van der Waals surface area contributed by atoms with Gasteiger partial charge in [0.05, 0.1) is 6.61 Å². The molecule has 0 saturated heterocycles. The molecule has 0 aliphatic heterocycles. The Morgan fingerprint density at radius 3 is 2.41 bits per heavy atom. The van der Waals surface area contributed by atoms with Crippen LogP contribution in [0.5, 0.6) is 0 Å². The molecule has 17 heavy (non-hydrogen) atoms. The first-order valence-corrected chi connectivity index (χ1v) is 7.45. The van der Waals surface area contributed by atoms with Crippen LogP contribution in [0.25, 0.3) is 0 Å². The van der Waals surface area contributed by atoms with Gasteiger partial charge >= 0.3 is 0 Å². The van der Waals surface area contributed by atoms with E-state index in [1.807, 2.05) is 18.2 Å². The minimum Gasteiger partial charge on any atom is -0.396 e. The average molecular weight is 365 g/mol. The van der Waals surface area contributed by atoms with E-state index in [0.29, 0.717) is 0 Å². The molecule has 0 saturated carbocycles. The number of halogens is 2. The Labute approximate surface area is 120 Å². The molecule has 1 aromatic rings. The minimum absolute atomic E-state index is 0.0260. The van der Waals surface area contributed by atoms with Crippen molar-refractivity contribution in [3.63, 3.8) is 0 Å². The maximum Gasteiger partial charge on any atom is 0.0504 e. The van der Waals surface area contributed by atoms with Crippen LogP contribution in [-0.4, -0.2) is 18.3 Å². The van der Waals surface area contributed by atoms with Gasteiger partial charge in [-0.05, 0) is 47.0 Å². The van der Waals surface area contributed by atoms with Crippen LogP contribution in [0.1, 0.15) is 26.7 Å². The molecule has 0 heterocycles. The van der Waals surface area contributed by atoms with Crippen LogP contribution in [0.3, 0.4) is 0 Å². The number of nitrogens with one attached hydrogen (secondary N) is 1. The summed E-state index contributed by atoms with van der Waals surface area (Å²) < 4.78 is 2.09. The van der Waals surface area contributed by atoms with E-state index in [-0.39, 0.29) is 12.0 Å². The second-order valence-corrected chi connectivity index (χ2v) is 6.11. The summed E-state index contributed by atoms with van der Waals surface area (Å²) in [6.07, 6.45) is 1.94. The second-order valence-electron chi connectivity index (χ2n) is 4.34. The molecule has 0 unspecified atom stereocenters. The molecule has 0 aliphatic rings. The smallest absolute Gasteiger partial charge is 0.0504 e. The predicted octanol–water partition coefficient (Wildman–Crippen LogP) is 4.42. The van der Waals surface area contributed by atoms with Crippen LogP contribution >= 0.6 is 31.9 Å². The lowest BCUT2D eigenvalue weighted by Gasteiger charge is -2.30. The second kappa shape index (κ2) is 6.76. The van der Waals surface area contributed by atoms with Crippen molar-refractivity contribution in [1.82, 2.24) is 0 Å². The first-order chi connectivity index (χ1) is 8.06. The quantitative estimate of drug-likeness (QED) is 0.782. The van der Waals surface area contributed by atoms with Crippen molar-refractivity contribution in [3.05, 3.63) is 27.1 Å². The van der Waals surface area contributed by atoms with Gasteiger partial charge in [-0.1, -0.05) is 29.8 Å². The molecule has 4 heteroatoms. The van der Waals surface area contributed by atoms with Gasteiger partial charge in [0.15, 0.2) is 0 Å². The standard InChI is InChI=1S/C13H19Br2NO/c1-3-13(4-2,9-17)8-16-12-7-10(14)5-6-11(12)15/h5-7,16-17H,3-4,8-9H2,1-2H3. The molecule has 0 amide bonds. The van der Waals surface area contributed by atoms with Crippen molar-refractivity contribution >= 4 is 37.5 Å². The minimum atomic E-state index is -0.0260. The third kappa shape index (κ3) is 3.97. The zero-order chi connectivity index (χ0) is 12.9. The Hall–Kier alpha value is -0.0600. The maximum atomic E-state index is 9.52. The molecular formula is C13H19Br2NO. The summed E-state index contributed by atoms with van der Waals surface area (Å²) in [4.78, 5) is 0. The lowest BCUT2D eigenvalue weighted by Crippen LogP contribution is -2.32. The van der Waals surface area contributed by atoms with Gasteiger partial charge in [0.1, 0.15) is 0 Å². The van der Waals surface area contributed by atoms with E-state index >= 15 is 0 Å². The Bertz CT molecular complexity index is 356. The Kier molecular flexibility index (Phi) is 5.97. The fraction of sp³-hybridized carbons (Fsp3) is 0.538. The fourth-order valence-electron chi connectivity index (χ4n) is 1.70. The highest BCUT2D eigenvalue weighted by Gasteiger charge is 2.25. The number of aliphatic hydroxyl groups is 1. The van der Waals surface area contributed by atoms with Crippen molar-refractivity contribution in [2.24, 2.45) is 5.41 Å². The van der Waals surface area contributed by atoms with Gasteiger partial charge in [-0.25, -0.2) is 0 Å². The summed E-state index contributed by atoms with van der Waals surface area (Å²) in [6, 6.07) is 6.04. The molecule has 2 nitrogen and oxygen atoms in total. The molecule has 0 radical (unpaired) electrons. The topological polar surface area (TPSA) is 32.3 Å². The SMILES string of the molecule is CCC(CC)(CO)CNc1cc(Br)ccc1Br. The fourth-order valence-corrected chi connectivity index (χ4v) is 2.44. The Balaban J connectivity index is 2.75. The van der Waals surface area contributed by atoms with Gasteiger partial charge < -0.3 is 10.4 Å². The van der Waals surface area contributed by atoms with Crippen molar-refractivity contribution in [2.75, 3.05) is 18.5 Å². The van der Waals surface area contributed by atoms with E-state index in [2.05, 4.69) is 51.0 Å². The Morgan fingerprint density at radius 1 is 1.24 bits per heavy atom. The summed E-state index contributed by atoms with van der Waals surface area (Å²) in [7, 11) is 0. The largest absolute Gasteiger partial charge is 0.396 e. The third-order valence-corrected chi connectivity index (χ3v) is 4.60. The first-order valence-electron chi connectivity index (χ1n) is 5.86. The lowest BCUT2D eigenvalue weighted by atomic mass is 9.83. The molecule has 0 aliphatic carbocycles. The molecular weight excluding hydrogens is 346 g/mol. The highest BCUT2D eigenvalue weighted by molar-refractivity contribution is 9.11. The molecule has 0 spiro atoms. The first kappa shape index (κ1) is 15.0. The molecule has 0 fully saturated rings. The third-order valence-electron chi connectivity index (χ3n) is 3.42. The summed E-state index contributed by atoms with van der Waals surface area (Å²) in [5.41, 5.74) is 1.03. The van der Waals surface area contributed by atoms with E-state index in [0.717, 1.165) is 34.0 Å². The van der Waals surface area contributed by atoms with Crippen LogP contribution in [-0.2, 0) is 0 Å². The average Bonchev–Trinajstić information content (AvgIpc) is 2.35. The summed E-state index contributed by atoms with van der Waals surface area (Å²) in [5, 5.41) is 12.9. The van der Waals surface area contributed by atoms with Crippen molar-refractivity contribution in [1.29, 1.82) is 0 Å². The molecule has 1 aromatic carbocycles. The van der Waals surface area contributed by atoms with Gasteiger partial charge in [-0.15, -0.1) is 0 Å². The molecule has 1 rings (SSSR count). The van der Waals surface area contributed by atoms with Gasteiger partial charge in [-0.3, -0.25) is 0 Å². The van der Waals surface area contributed by atoms with Gasteiger partial charge in [0.25, 0.3) is 0 Å². The normalized spacial score (nSPS) is 11.6. The van der Waals surface area contributed by atoms with Gasteiger partial charge in [0, 0.05) is 26.6 Å². The number of hydrogen-bond acceptors (Lipinski definition) is 2. The summed E-state index contributed by atoms with van der Waals surface area (Å²) in [6.45, 7) is 5.25. The zero-order valence-corrected chi connectivity index (χ0v) is 13.4. The lowest BCUT2D eigenvalue weighted by molar-refractivity contribution is 0.127. The van der Waals surface area contributed by atoms with Gasteiger partial charge in [-0.2, -0.15) is 0 Å². The van der Waals surface area contributed by atoms with E-state index in [1.165, 1.54) is 0 Å². The zero-order valence-electron chi connectivity index (χ0n) is 10.3. The highest BCUT2D eigenvalue weighted by atomic mass is 79.9. The number of hydrogen-bond donors (Lipinski definition) is 2. The molecule has 0 aromatic heterocycles. The van der Waals surface area contributed by atoms with Crippen LogP contribution in [0, 0.1) is 5.41 Å². The predicted molar refractivity (Wildman–Crippen MR) is 80.4 cm³/mol. The maximum absolute atomic E-state index is 9.52. The van der Waals surface area contributed by atoms with E-state index in [9.17, 15) is 5.11 Å². The van der Waals surface area contributed by atoms with Crippen molar-refractivity contribution < 1.29 is 5.11 Å². The molecule has 0 bridgehead atoms. The molecule has 2 N–H and O–H groups in total. The van der Waals surface area contributed by atoms with Crippen LogP contribution in [0.4, 0.5) is 5.69 Å². The molecule has 0 atom stereocenters. The summed E-state index contributed by atoms with van der Waals surface area (Å²) in [5.74, 6) is 0. The number of rotatable bonds is 6. The highest BCUT2D eigenvalue weighted by Crippen LogP contribution is 2.30. The number of aliphatic hydroxyl groups excluding tert-OH is 1. The van der Waals surface area contributed by atoms with Crippen molar-refractivity contribution in [3.8, 4) is 0 Å². The summed E-state index contributed by atoms with van der Waals surface area (Å²) >= 11 is 6.98. The number of benzene rings is 1. The van der Waals surface area contributed by atoms with Crippen LogP contribution < -0.4 is 5.32 Å². The van der Waals surface area contributed by atoms with Crippen LogP contribution in [0.15, 0.2) is 27.1 Å². The van der Waals surface area contributed by atoms with Crippen molar-refractivity contribution in [2.45, 2.75) is 26.7 Å².